The van der Waals surface area contributed by atoms with Gasteiger partial charge < -0.3 is 9.80 Å². The van der Waals surface area contributed by atoms with Crippen molar-refractivity contribution in [2.24, 2.45) is 5.84 Å². The fraction of sp³-hybridized carbons (Fsp3) is 0.357. The number of nitrogens with zero attached hydrogens (tertiary/aromatic N) is 4. The van der Waals surface area contributed by atoms with Crippen molar-refractivity contribution < 1.29 is 4.79 Å². The normalized spacial score (nSPS) is 15.3. The van der Waals surface area contributed by atoms with E-state index in [4.69, 9.17) is 5.84 Å². The molecule has 1 saturated heterocycles. The Kier molecular flexibility index (Phi) is 3.57. The van der Waals surface area contributed by atoms with Crippen molar-refractivity contribution in [3.8, 4) is 0 Å². The minimum Gasteiger partial charge on any atom is -0.352 e. The van der Waals surface area contributed by atoms with Crippen molar-refractivity contribution in [1.29, 1.82) is 0 Å². The predicted octanol–water partition coefficient (Wildman–Crippen LogP) is 0.584. The summed E-state index contributed by atoms with van der Waals surface area (Å²) in [6.45, 7) is 4.53. The van der Waals surface area contributed by atoms with Gasteiger partial charge in [-0.25, -0.2) is 10.8 Å². The summed E-state index contributed by atoms with van der Waals surface area (Å²) in [5.41, 5.74) is 3.36. The molecule has 3 rings (SSSR count). The van der Waals surface area contributed by atoms with Gasteiger partial charge in [0.25, 0.3) is 0 Å². The summed E-state index contributed by atoms with van der Waals surface area (Å²) in [5.74, 6) is 6.83. The molecule has 0 atom stereocenters. The van der Waals surface area contributed by atoms with Crippen molar-refractivity contribution in [2.75, 3.05) is 36.5 Å². The van der Waals surface area contributed by atoms with Gasteiger partial charge in [0, 0.05) is 38.5 Å². The molecule has 1 aromatic heterocycles. The Morgan fingerprint density at radius 2 is 1.90 bits per heavy atom. The van der Waals surface area contributed by atoms with Gasteiger partial charge in [0.2, 0.25) is 11.9 Å². The third kappa shape index (κ3) is 2.59. The number of carbonyl (C=O) groups is 1. The molecule has 2 aromatic rings. The third-order valence-corrected chi connectivity index (χ3v) is 3.74. The average Bonchev–Trinajstić information content (AvgIpc) is 2.53. The largest absolute Gasteiger partial charge is 0.352 e. The first-order chi connectivity index (χ1) is 10.2. The Morgan fingerprint density at radius 1 is 1.19 bits per heavy atom. The summed E-state index contributed by atoms with van der Waals surface area (Å²) in [5, 5.41) is 0.993. The molecule has 0 saturated carbocycles. The number of aromatic nitrogens is 2. The molecule has 0 bridgehead atoms. The van der Waals surface area contributed by atoms with Crippen LogP contribution in [0.15, 0.2) is 24.3 Å². The van der Waals surface area contributed by atoms with E-state index in [9.17, 15) is 4.79 Å². The molecule has 0 radical (unpaired) electrons. The van der Waals surface area contributed by atoms with Crippen LogP contribution in [0.4, 0.5) is 11.8 Å². The van der Waals surface area contributed by atoms with E-state index in [-0.39, 0.29) is 5.91 Å². The van der Waals surface area contributed by atoms with E-state index in [1.807, 2.05) is 29.2 Å². The van der Waals surface area contributed by atoms with Crippen LogP contribution in [0.1, 0.15) is 6.92 Å². The summed E-state index contributed by atoms with van der Waals surface area (Å²) in [6.07, 6.45) is 0. The highest BCUT2D eigenvalue weighted by atomic mass is 16.2. The fourth-order valence-corrected chi connectivity index (χ4v) is 2.60. The molecule has 1 aromatic carbocycles. The number of hydrogen-bond donors (Lipinski definition) is 2. The Labute approximate surface area is 122 Å². The minimum absolute atomic E-state index is 0.117. The number of rotatable bonds is 2. The predicted molar refractivity (Wildman–Crippen MR) is 81.8 cm³/mol. The van der Waals surface area contributed by atoms with Crippen molar-refractivity contribution in [3.05, 3.63) is 24.3 Å². The lowest BCUT2D eigenvalue weighted by Crippen LogP contribution is -2.48. The molecule has 21 heavy (non-hydrogen) atoms. The maximum absolute atomic E-state index is 11.4. The Balaban J connectivity index is 1.95. The van der Waals surface area contributed by atoms with Crippen LogP contribution >= 0.6 is 0 Å². The standard InChI is InChI=1S/C14H18N6O/c1-10(21)19-6-8-20(9-7-19)13-11-4-2-3-5-12(11)16-14(17-13)18-15/h2-5H,6-9,15H2,1H3,(H,16,17,18). The SMILES string of the molecule is CC(=O)N1CCN(c2nc(NN)nc3ccccc23)CC1. The van der Waals surface area contributed by atoms with Crippen LogP contribution in [-0.2, 0) is 4.79 Å². The number of para-hydroxylation sites is 1. The zero-order valence-corrected chi connectivity index (χ0v) is 11.9. The second-order valence-corrected chi connectivity index (χ2v) is 5.03. The lowest BCUT2D eigenvalue weighted by molar-refractivity contribution is -0.129. The molecular formula is C14H18N6O. The highest BCUT2D eigenvalue weighted by Gasteiger charge is 2.21. The van der Waals surface area contributed by atoms with Crippen LogP contribution in [0.5, 0.6) is 0 Å². The van der Waals surface area contributed by atoms with Gasteiger partial charge in [0.1, 0.15) is 5.82 Å². The smallest absolute Gasteiger partial charge is 0.239 e. The highest BCUT2D eigenvalue weighted by Crippen LogP contribution is 2.25. The van der Waals surface area contributed by atoms with E-state index in [1.165, 1.54) is 0 Å². The Hall–Kier alpha value is -2.41. The zero-order valence-electron chi connectivity index (χ0n) is 11.9. The molecule has 1 aliphatic heterocycles. The number of hydrazine groups is 1. The van der Waals surface area contributed by atoms with Crippen LogP contribution in [0, 0.1) is 0 Å². The van der Waals surface area contributed by atoms with Crippen LogP contribution in [-0.4, -0.2) is 47.0 Å². The number of anilines is 2. The van der Waals surface area contributed by atoms with Crippen molar-refractivity contribution in [1.82, 2.24) is 14.9 Å². The van der Waals surface area contributed by atoms with Crippen LogP contribution in [0.25, 0.3) is 10.9 Å². The molecule has 0 aliphatic carbocycles. The number of carbonyl (C=O) groups excluding carboxylic acids is 1. The van der Waals surface area contributed by atoms with E-state index >= 15 is 0 Å². The number of nitrogens with one attached hydrogen (secondary N) is 1. The number of hydrogen-bond acceptors (Lipinski definition) is 6. The third-order valence-electron chi connectivity index (χ3n) is 3.74. The first-order valence-corrected chi connectivity index (χ1v) is 6.93. The topological polar surface area (TPSA) is 87.4 Å². The van der Waals surface area contributed by atoms with Crippen LogP contribution in [0.2, 0.25) is 0 Å². The number of amides is 1. The lowest BCUT2D eigenvalue weighted by atomic mass is 10.2. The van der Waals surface area contributed by atoms with Gasteiger partial charge in [0.05, 0.1) is 5.52 Å². The zero-order chi connectivity index (χ0) is 14.8. The number of nitrogens with two attached hydrogens (primary N) is 1. The first-order valence-electron chi connectivity index (χ1n) is 6.93. The second-order valence-electron chi connectivity index (χ2n) is 5.03. The number of benzene rings is 1. The quantitative estimate of drug-likeness (QED) is 0.620. The summed E-state index contributed by atoms with van der Waals surface area (Å²) in [4.78, 5) is 24.3. The molecule has 1 amide bonds. The Bertz CT molecular complexity index is 666. The molecule has 0 unspecified atom stereocenters. The maximum atomic E-state index is 11.4. The number of fused-ring (bicyclic) bond motifs is 1. The van der Waals surface area contributed by atoms with Gasteiger partial charge in [0.15, 0.2) is 0 Å². The molecule has 110 valence electrons. The van der Waals surface area contributed by atoms with Gasteiger partial charge in [-0.3, -0.25) is 10.2 Å². The summed E-state index contributed by atoms with van der Waals surface area (Å²) in [6, 6.07) is 7.85. The monoisotopic (exact) mass is 286 g/mol. The first kappa shape index (κ1) is 13.6. The molecule has 1 fully saturated rings. The van der Waals surface area contributed by atoms with Crippen molar-refractivity contribution in [2.45, 2.75) is 6.92 Å². The molecule has 2 heterocycles. The highest BCUT2D eigenvalue weighted by molar-refractivity contribution is 5.90. The van der Waals surface area contributed by atoms with Gasteiger partial charge in [-0.1, -0.05) is 12.1 Å². The van der Waals surface area contributed by atoms with E-state index in [0.717, 1.165) is 29.8 Å². The van der Waals surface area contributed by atoms with Crippen molar-refractivity contribution in [3.63, 3.8) is 0 Å². The van der Waals surface area contributed by atoms with E-state index in [0.29, 0.717) is 19.0 Å². The molecule has 7 nitrogen and oxygen atoms in total. The number of nitrogen functional groups attached to an aromatic ring is 1. The lowest BCUT2D eigenvalue weighted by Gasteiger charge is -2.35. The minimum atomic E-state index is 0.117. The molecule has 3 N–H and O–H groups in total. The van der Waals surface area contributed by atoms with Crippen molar-refractivity contribution >= 4 is 28.6 Å². The molecule has 1 aliphatic rings. The van der Waals surface area contributed by atoms with Gasteiger partial charge >= 0.3 is 0 Å². The second kappa shape index (κ2) is 5.53. The summed E-state index contributed by atoms with van der Waals surface area (Å²) in [7, 11) is 0. The fourth-order valence-electron chi connectivity index (χ4n) is 2.60. The molecule has 0 spiro atoms. The Morgan fingerprint density at radius 3 is 2.57 bits per heavy atom. The summed E-state index contributed by atoms with van der Waals surface area (Å²) >= 11 is 0. The average molecular weight is 286 g/mol. The maximum Gasteiger partial charge on any atom is 0.239 e. The molecular weight excluding hydrogens is 268 g/mol. The van der Waals surface area contributed by atoms with Crippen LogP contribution in [0.3, 0.4) is 0 Å². The van der Waals surface area contributed by atoms with E-state index in [1.54, 1.807) is 6.92 Å². The summed E-state index contributed by atoms with van der Waals surface area (Å²) < 4.78 is 0. The van der Waals surface area contributed by atoms with Crippen LogP contribution < -0.4 is 16.2 Å². The number of piperazine rings is 1. The van der Waals surface area contributed by atoms with Gasteiger partial charge in [-0.05, 0) is 12.1 Å². The van der Waals surface area contributed by atoms with Gasteiger partial charge in [-0.2, -0.15) is 4.98 Å². The van der Waals surface area contributed by atoms with E-state index in [2.05, 4.69) is 20.3 Å². The van der Waals surface area contributed by atoms with E-state index < -0.39 is 0 Å². The van der Waals surface area contributed by atoms with Gasteiger partial charge in [-0.15, -0.1) is 0 Å². The molecule has 7 heteroatoms.